The number of thiazole rings is 1. The molecule has 136 valence electrons. The monoisotopic (exact) mass is 379 g/mol. The molecule has 27 heavy (non-hydrogen) atoms. The first-order chi connectivity index (χ1) is 13.1. The van der Waals surface area contributed by atoms with Gasteiger partial charge < -0.3 is 10.5 Å². The first kappa shape index (κ1) is 18.3. The zero-order valence-electron chi connectivity index (χ0n) is 14.5. The highest BCUT2D eigenvalue weighted by atomic mass is 32.1. The molecule has 3 aromatic rings. The number of carbonyl (C=O) groups excluding carboxylic acids is 2. The molecule has 2 aromatic carbocycles. The summed E-state index contributed by atoms with van der Waals surface area (Å²) in [5, 5.41) is 5.00. The van der Waals surface area contributed by atoms with Gasteiger partial charge in [-0.1, -0.05) is 42.5 Å². The van der Waals surface area contributed by atoms with Crippen molar-refractivity contribution in [2.24, 2.45) is 5.73 Å². The smallest absolute Gasteiger partial charge is 0.337 e. The minimum atomic E-state index is -0.393. The predicted octanol–water partition coefficient (Wildman–Crippen LogP) is 3.54. The fourth-order valence-electron chi connectivity index (χ4n) is 2.36. The van der Waals surface area contributed by atoms with Gasteiger partial charge in [-0.05, 0) is 17.7 Å². The minimum Gasteiger partial charge on any atom is -0.465 e. The lowest BCUT2D eigenvalue weighted by Gasteiger charge is -2.02. The van der Waals surface area contributed by atoms with Gasteiger partial charge in [-0.2, -0.15) is 0 Å². The van der Waals surface area contributed by atoms with Crippen LogP contribution in [0.25, 0.3) is 17.0 Å². The molecule has 0 spiro atoms. The molecule has 1 heterocycles. The zero-order chi connectivity index (χ0) is 19.2. The maximum absolute atomic E-state index is 12.1. The molecule has 0 aliphatic heterocycles. The Hall–Kier alpha value is -3.45. The Morgan fingerprint density at radius 3 is 2.44 bits per heavy atom. The molecule has 1 aromatic heterocycles. The summed E-state index contributed by atoms with van der Waals surface area (Å²) in [7, 11) is 1.34. The topological polar surface area (TPSA) is 94.3 Å². The van der Waals surface area contributed by atoms with Crippen LogP contribution in [-0.4, -0.2) is 24.0 Å². The Morgan fingerprint density at radius 2 is 1.78 bits per heavy atom. The molecule has 0 aliphatic rings. The van der Waals surface area contributed by atoms with Gasteiger partial charge in [0.05, 0.1) is 18.4 Å². The Labute approximate surface area is 160 Å². The average Bonchev–Trinajstić information content (AvgIpc) is 3.16. The van der Waals surface area contributed by atoms with Crippen molar-refractivity contribution in [3.05, 3.63) is 77.2 Å². The van der Waals surface area contributed by atoms with Crippen LogP contribution in [-0.2, 0) is 9.53 Å². The number of hydrogen-bond acceptors (Lipinski definition) is 6. The van der Waals surface area contributed by atoms with Crippen molar-refractivity contribution >= 4 is 34.0 Å². The Morgan fingerprint density at radius 1 is 1.07 bits per heavy atom. The third-order valence-corrected chi connectivity index (χ3v) is 4.49. The zero-order valence-corrected chi connectivity index (χ0v) is 15.3. The molecule has 7 heteroatoms. The highest BCUT2D eigenvalue weighted by Gasteiger charge is 2.09. The first-order valence-electron chi connectivity index (χ1n) is 8.04. The number of nitrogens with one attached hydrogen (secondary N) is 1. The molecule has 6 nitrogen and oxygen atoms in total. The van der Waals surface area contributed by atoms with E-state index in [0.29, 0.717) is 22.1 Å². The summed E-state index contributed by atoms with van der Waals surface area (Å²) >= 11 is 1.31. The van der Waals surface area contributed by atoms with Gasteiger partial charge in [-0.3, -0.25) is 10.1 Å². The highest BCUT2D eigenvalue weighted by molar-refractivity contribution is 7.14. The highest BCUT2D eigenvalue weighted by Crippen LogP contribution is 2.25. The van der Waals surface area contributed by atoms with Crippen LogP contribution in [0, 0.1) is 0 Å². The second-order valence-corrected chi connectivity index (χ2v) is 6.42. The number of nitrogens with zero attached hydrogens (tertiary/aromatic N) is 1. The molecular formula is C20H17N3O3S. The van der Waals surface area contributed by atoms with Crippen LogP contribution in [0.3, 0.4) is 0 Å². The number of ether oxygens (including phenoxy) is 1. The van der Waals surface area contributed by atoms with Crippen LogP contribution < -0.4 is 11.1 Å². The van der Waals surface area contributed by atoms with E-state index < -0.39 is 5.97 Å². The molecule has 0 radical (unpaired) electrons. The van der Waals surface area contributed by atoms with Crippen molar-refractivity contribution in [3.63, 3.8) is 0 Å². The van der Waals surface area contributed by atoms with Gasteiger partial charge >= 0.3 is 5.97 Å². The van der Waals surface area contributed by atoms with E-state index >= 15 is 0 Å². The van der Waals surface area contributed by atoms with Crippen LogP contribution in [0.1, 0.15) is 15.9 Å². The number of nitrogens with two attached hydrogens (primary N) is 1. The van der Waals surface area contributed by atoms with E-state index in [9.17, 15) is 9.59 Å². The first-order valence-corrected chi connectivity index (χ1v) is 8.92. The van der Waals surface area contributed by atoms with Crippen LogP contribution in [0.15, 0.2) is 66.1 Å². The minimum absolute atomic E-state index is 0.349. The van der Waals surface area contributed by atoms with Crippen molar-refractivity contribution in [1.29, 1.82) is 0 Å². The molecule has 0 bridgehead atoms. The van der Waals surface area contributed by atoms with Gasteiger partial charge in [-0.25, -0.2) is 9.78 Å². The van der Waals surface area contributed by atoms with Gasteiger partial charge in [0.25, 0.3) is 5.91 Å². The van der Waals surface area contributed by atoms with E-state index in [1.54, 1.807) is 24.3 Å². The lowest BCUT2D eigenvalue weighted by molar-refractivity contribution is -0.111. The molecule has 0 saturated heterocycles. The maximum Gasteiger partial charge on any atom is 0.337 e. The standard InChI is InChI=1S/C20H17N3O3S/c1-26-19(25)15-9-7-14(8-10-15)17-12-27-20(22-17)23-18(24)11-16(21)13-5-3-2-4-6-13/h2-12H,21H2,1H3,(H,22,23,24). The summed E-state index contributed by atoms with van der Waals surface area (Å²) in [4.78, 5) is 28.0. The number of aromatic nitrogens is 1. The Kier molecular flexibility index (Phi) is 5.63. The van der Waals surface area contributed by atoms with Crippen LogP contribution in [0.5, 0.6) is 0 Å². The summed E-state index contributed by atoms with van der Waals surface area (Å²) in [5.74, 6) is -0.742. The van der Waals surface area contributed by atoms with Crippen molar-refractivity contribution < 1.29 is 14.3 Å². The number of methoxy groups -OCH3 is 1. The van der Waals surface area contributed by atoms with Crippen LogP contribution in [0.4, 0.5) is 5.13 Å². The Bertz CT molecular complexity index is 979. The molecule has 0 unspecified atom stereocenters. The summed E-state index contributed by atoms with van der Waals surface area (Å²) in [6.07, 6.45) is 1.33. The largest absolute Gasteiger partial charge is 0.465 e. The molecule has 0 atom stereocenters. The SMILES string of the molecule is COC(=O)c1ccc(-c2csc(NC(=O)C=C(N)c3ccccc3)n2)cc1. The molecule has 0 saturated carbocycles. The lowest BCUT2D eigenvalue weighted by Crippen LogP contribution is -2.10. The number of esters is 1. The van der Waals surface area contributed by atoms with Crippen LogP contribution in [0.2, 0.25) is 0 Å². The van der Waals surface area contributed by atoms with Gasteiger partial charge in [0, 0.05) is 22.7 Å². The Balaban J connectivity index is 1.69. The van der Waals surface area contributed by atoms with E-state index in [4.69, 9.17) is 5.73 Å². The molecule has 0 aliphatic carbocycles. The average molecular weight is 379 g/mol. The van der Waals surface area contributed by atoms with Crippen molar-refractivity contribution in [1.82, 2.24) is 4.98 Å². The van der Waals surface area contributed by atoms with E-state index in [0.717, 1.165) is 11.1 Å². The van der Waals surface area contributed by atoms with Crippen molar-refractivity contribution in [2.75, 3.05) is 12.4 Å². The van der Waals surface area contributed by atoms with Crippen molar-refractivity contribution in [3.8, 4) is 11.3 Å². The van der Waals surface area contributed by atoms with Gasteiger partial charge in [-0.15, -0.1) is 11.3 Å². The lowest BCUT2D eigenvalue weighted by atomic mass is 10.1. The second kappa shape index (κ2) is 8.29. The fourth-order valence-corrected chi connectivity index (χ4v) is 3.08. The summed E-state index contributed by atoms with van der Waals surface area (Å²) in [6.45, 7) is 0. The number of amides is 1. The van der Waals surface area contributed by atoms with Gasteiger partial charge in [0.2, 0.25) is 0 Å². The molecule has 3 rings (SSSR count). The maximum atomic E-state index is 12.1. The summed E-state index contributed by atoms with van der Waals surface area (Å²) in [6, 6.07) is 16.1. The van der Waals surface area contributed by atoms with E-state index in [-0.39, 0.29) is 5.91 Å². The summed E-state index contributed by atoms with van der Waals surface area (Å²) < 4.78 is 4.68. The number of rotatable bonds is 5. The number of carbonyl (C=O) groups is 2. The third-order valence-electron chi connectivity index (χ3n) is 3.73. The van der Waals surface area contributed by atoms with E-state index in [1.165, 1.54) is 24.5 Å². The summed E-state index contributed by atoms with van der Waals surface area (Å²) in [5.41, 5.74) is 9.09. The predicted molar refractivity (Wildman–Crippen MR) is 106 cm³/mol. The normalized spacial score (nSPS) is 11.1. The van der Waals surface area contributed by atoms with Gasteiger partial charge in [0.1, 0.15) is 0 Å². The quantitative estimate of drug-likeness (QED) is 0.522. The van der Waals surface area contributed by atoms with Gasteiger partial charge in [0.15, 0.2) is 5.13 Å². The second-order valence-electron chi connectivity index (χ2n) is 5.56. The fraction of sp³-hybridized carbons (Fsp3) is 0.0500. The van der Waals surface area contributed by atoms with Crippen LogP contribution >= 0.6 is 11.3 Å². The molecular weight excluding hydrogens is 362 g/mol. The number of benzene rings is 2. The third kappa shape index (κ3) is 4.59. The number of anilines is 1. The van der Waals surface area contributed by atoms with E-state index in [1.807, 2.05) is 35.7 Å². The molecule has 3 N–H and O–H groups in total. The van der Waals surface area contributed by atoms with Crippen molar-refractivity contribution in [2.45, 2.75) is 0 Å². The molecule has 0 fully saturated rings. The number of hydrogen-bond donors (Lipinski definition) is 2. The molecule has 1 amide bonds. The van der Waals surface area contributed by atoms with E-state index in [2.05, 4.69) is 15.0 Å².